The van der Waals surface area contributed by atoms with Gasteiger partial charge in [0.15, 0.2) is 0 Å². The van der Waals surface area contributed by atoms with Crippen molar-refractivity contribution in [2.75, 3.05) is 6.54 Å². The van der Waals surface area contributed by atoms with E-state index in [2.05, 4.69) is 17.3 Å². The summed E-state index contributed by atoms with van der Waals surface area (Å²) in [6.45, 7) is 0.630. The molecular formula is C18H17ClN2O. The molecule has 0 amide bonds. The number of hydrogen-bond donors (Lipinski definition) is 1. The van der Waals surface area contributed by atoms with E-state index in [4.69, 9.17) is 21.9 Å². The molecule has 1 aromatic heterocycles. The molecule has 0 aliphatic carbocycles. The van der Waals surface area contributed by atoms with Crippen LogP contribution in [0, 0.1) is 0 Å². The van der Waals surface area contributed by atoms with Gasteiger partial charge in [0, 0.05) is 17.0 Å². The zero-order valence-corrected chi connectivity index (χ0v) is 12.9. The second kappa shape index (κ2) is 6.77. The Morgan fingerprint density at radius 3 is 2.36 bits per heavy atom. The standard InChI is InChI=1S/C18H17ClN2O/c19-15-10-8-14(9-11-15)18-17(13-5-2-1-3-6-13)16(22-21-18)7-4-12-20/h1-3,5-6,8-11H,4,7,12,20H2. The third-order valence-electron chi connectivity index (χ3n) is 3.55. The van der Waals surface area contributed by atoms with Gasteiger partial charge in [-0.1, -0.05) is 59.2 Å². The van der Waals surface area contributed by atoms with Crippen molar-refractivity contribution in [1.82, 2.24) is 5.16 Å². The van der Waals surface area contributed by atoms with Crippen molar-refractivity contribution in [2.45, 2.75) is 12.8 Å². The summed E-state index contributed by atoms with van der Waals surface area (Å²) >= 11 is 5.97. The molecule has 0 aliphatic rings. The third-order valence-corrected chi connectivity index (χ3v) is 3.80. The quantitative estimate of drug-likeness (QED) is 0.751. The fraction of sp³-hybridized carbons (Fsp3) is 0.167. The van der Waals surface area contributed by atoms with Crippen LogP contribution in [0.25, 0.3) is 22.4 Å². The largest absolute Gasteiger partial charge is 0.360 e. The average molecular weight is 313 g/mol. The first-order valence-corrected chi connectivity index (χ1v) is 7.67. The number of hydrogen-bond acceptors (Lipinski definition) is 3. The molecule has 0 saturated heterocycles. The molecule has 0 spiro atoms. The normalized spacial score (nSPS) is 10.8. The maximum Gasteiger partial charge on any atom is 0.145 e. The van der Waals surface area contributed by atoms with E-state index in [0.29, 0.717) is 11.6 Å². The maximum absolute atomic E-state index is 5.97. The number of aromatic nitrogens is 1. The van der Waals surface area contributed by atoms with Crippen molar-refractivity contribution >= 4 is 11.6 Å². The van der Waals surface area contributed by atoms with E-state index in [1.807, 2.05) is 42.5 Å². The van der Waals surface area contributed by atoms with Crippen molar-refractivity contribution in [3.05, 3.63) is 65.4 Å². The molecule has 0 unspecified atom stereocenters. The van der Waals surface area contributed by atoms with Gasteiger partial charge in [-0.3, -0.25) is 0 Å². The maximum atomic E-state index is 5.97. The predicted octanol–water partition coefficient (Wildman–Crippen LogP) is 4.55. The minimum atomic E-state index is 0.630. The van der Waals surface area contributed by atoms with Gasteiger partial charge in [-0.15, -0.1) is 0 Å². The molecule has 3 rings (SSSR count). The topological polar surface area (TPSA) is 52.0 Å². The second-order valence-electron chi connectivity index (χ2n) is 5.09. The van der Waals surface area contributed by atoms with Crippen LogP contribution in [0.4, 0.5) is 0 Å². The van der Waals surface area contributed by atoms with E-state index >= 15 is 0 Å². The van der Waals surface area contributed by atoms with Crippen LogP contribution in [0.1, 0.15) is 12.2 Å². The summed E-state index contributed by atoms with van der Waals surface area (Å²) in [6, 6.07) is 17.8. The lowest BCUT2D eigenvalue weighted by atomic mass is 9.97. The first-order valence-electron chi connectivity index (χ1n) is 7.29. The van der Waals surface area contributed by atoms with Crippen LogP contribution in [0.3, 0.4) is 0 Å². The Morgan fingerprint density at radius 1 is 0.955 bits per heavy atom. The summed E-state index contributed by atoms with van der Waals surface area (Å²) in [5.41, 5.74) is 9.59. The molecule has 2 N–H and O–H groups in total. The Labute approximate surface area is 134 Å². The third kappa shape index (κ3) is 3.06. The minimum absolute atomic E-state index is 0.630. The average Bonchev–Trinajstić information content (AvgIpc) is 2.98. The molecule has 3 aromatic rings. The smallest absolute Gasteiger partial charge is 0.145 e. The number of halogens is 1. The van der Waals surface area contributed by atoms with Gasteiger partial charge in [0.1, 0.15) is 11.5 Å². The second-order valence-corrected chi connectivity index (χ2v) is 5.53. The Kier molecular flexibility index (Phi) is 4.56. The highest BCUT2D eigenvalue weighted by Crippen LogP contribution is 2.35. The molecule has 0 aliphatic heterocycles. The van der Waals surface area contributed by atoms with Gasteiger partial charge in [0.25, 0.3) is 0 Å². The first kappa shape index (κ1) is 14.8. The molecule has 0 saturated carbocycles. The Bertz CT molecular complexity index is 736. The lowest BCUT2D eigenvalue weighted by molar-refractivity contribution is 0.384. The zero-order valence-electron chi connectivity index (χ0n) is 12.1. The van der Waals surface area contributed by atoms with Crippen molar-refractivity contribution in [1.29, 1.82) is 0 Å². The van der Waals surface area contributed by atoms with Gasteiger partial charge in [-0.25, -0.2) is 0 Å². The van der Waals surface area contributed by atoms with Crippen LogP contribution in [0.2, 0.25) is 5.02 Å². The highest BCUT2D eigenvalue weighted by molar-refractivity contribution is 6.30. The SMILES string of the molecule is NCCCc1onc(-c2ccc(Cl)cc2)c1-c1ccccc1. The van der Waals surface area contributed by atoms with E-state index in [-0.39, 0.29) is 0 Å². The minimum Gasteiger partial charge on any atom is -0.360 e. The summed E-state index contributed by atoms with van der Waals surface area (Å²) in [7, 11) is 0. The van der Waals surface area contributed by atoms with Crippen LogP contribution >= 0.6 is 11.6 Å². The zero-order chi connectivity index (χ0) is 15.4. The predicted molar refractivity (Wildman–Crippen MR) is 89.8 cm³/mol. The molecule has 3 nitrogen and oxygen atoms in total. The molecule has 0 bridgehead atoms. The van der Waals surface area contributed by atoms with Gasteiger partial charge in [-0.05, 0) is 30.7 Å². The van der Waals surface area contributed by atoms with Crippen LogP contribution in [-0.4, -0.2) is 11.7 Å². The fourth-order valence-electron chi connectivity index (χ4n) is 2.46. The summed E-state index contributed by atoms with van der Waals surface area (Å²) in [4.78, 5) is 0. The molecule has 112 valence electrons. The molecular weight excluding hydrogens is 296 g/mol. The van der Waals surface area contributed by atoms with Crippen LogP contribution in [-0.2, 0) is 6.42 Å². The van der Waals surface area contributed by atoms with E-state index < -0.39 is 0 Å². The molecule has 22 heavy (non-hydrogen) atoms. The number of nitrogens with two attached hydrogens (primary N) is 1. The number of rotatable bonds is 5. The van der Waals surface area contributed by atoms with Crippen LogP contribution < -0.4 is 5.73 Å². The molecule has 0 atom stereocenters. The van der Waals surface area contributed by atoms with Crippen molar-refractivity contribution in [3.8, 4) is 22.4 Å². The molecule has 1 heterocycles. The van der Waals surface area contributed by atoms with Gasteiger partial charge in [0.05, 0.1) is 5.56 Å². The Morgan fingerprint density at radius 2 is 1.68 bits per heavy atom. The van der Waals surface area contributed by atoms with Crippen LogP contribution in [0.5, 0.6) is 0 Å². The number of aryl methyl sites for hydroxylation is 1. The number of nitrogens with zero attached hydrogens (tertiary/aromatic N) is 1. The van der Waals surface area contributed by atoms with Gasteiger partial charge in [-0.2, -0.15) is 0 Å². The van der Waals surface area contributed by atoms with Gasteiger partial charge in [0.2, 0.25) is 0 Å². The van der Waals surface area contributed by atoms with Crippen LogP contribution in [0.15, 0.2) is 59.1 Å². The lowest BCUT2D eigenvalue weighted by Crippen LogP contribution is -2.00. The summed E-state index contributed by atoms with van der Waals surface area (Å²) in [5, 5.41) is 4.99. The first-order chi connectivity index (χ1) is 10.8. The van der Waals surface area contributed by atoms with Crippen molar-refractivity contribution < 1.29 is 4.52 Å². The Hall–Kier alpha value is -2.10. The van der Waals surface area contributed by atoms with E-state index in [1.54, 1.807) is 0 Å². The van der Waals surface area contributed by atoms with Gasteiger partial charge < -0.3 is 10.3 Å². The lowest BCUT2D eigenvalue weighted by Gasteiger charge is -2.05. The molecule has 4 heteroatoms. The summed E-state index contributed by atoms with van der Waals surface area (Å²) in [5.74, 6) is 0.876. The van der Waals surface area contributed by atoms with Crippen molar-refractivity contribution in [3.63, 3.8) is 0 Å². The Balaban J connectivity index is 2.10. The van der Waals surface area contributed by atoms with E-state index in [9.17, 15) is 0 Å². The fourth-order valence-corrected chi connectivity index (χ4v) is 2.59. The number of benzene rings is 2. The van der Waals surface area contributed by atoms with E-state index in [1.165, 1.54) is 0 Å². The molecule has 0 radical (unpaired) electrons. The van der Waals surface area contributed by atoms with E-state index in [0.717, 1.165) is 41.0 Å². The summed E-state index contributed by atoms with van der Waals surface area (Å²) < 4.78 is 5.60. The van der Waals surface area contributed by atoms with Crippen molar-refractivity contribution in [2.24, 2.45) is 5.73 Å². The molecule has 2 aromatic carbocycles. The van der Waals surface area contributed by atoms with Gasteiger partial charge >= 0.3 is 0 Å². The molecule has 0 fully saturated rings. The highest BCUT2D eigenvalue weighted by Gasteiger charge is 2.18. The monoisotopic (exact) mass is 312 g/mol. The summed E-state index contributed by atoms with van der Waals surface area (Å²) in [6.07, 6.45) is 1.65. The highest BCUT2D eigenvalue weighted by atomic mass is 35.5.